The molecule has 1 N–H and O–H groups in total. The third-order valence-corrected chi connectivity index (χ3v) is 5.80. The molecular formula is C21H16N6O2S. The van der Waals surface area contributed by atoms with E-state index in [1.807, 2.05) is 42.5 Å². The van der Waals surface area contributed by atoms with Gasteiger partial charge in [-0.05, 0) is 25.0 Å². The van der Waals surface area contributed by atoms with Crippen molar-refractivity contribution in [1.29, 1.82) is 5.26 Å². The first-order valence-electron chi connectivity index (χ1n) is 9.48. The van der Waals surface area contributed by atoms with E-state index in [1.165, 1.54) is 11.3 Å². The van der Waals surface area contributed by atoms with Gasteiger partial charge in [-0.3, -0.25) is 4.79 Å². The Morgan fingerprint density at radius 1 is 1.13 bits per heavy atom. The normalized spacial score (nSPS) is 14.4. The predicted molar refractivity (Wildman–Crippen MR) is 109 cm³/mol. The van der Waals surface area contributed by atoms with Gasteiger partial charge >= 0.3 is 0 Å². The Bertz CT molecular complexity index is 1270. The minimum Gasteiger partial charge on any atom is -0.424 e. The average Bonchev–Trinajstić information content (AvgIpc) is 3.20. The molecule has 1 aliphatic carbocycles. The van der Waals surface area contributed by atoms with E-state index in [9.17, 15) is 4.79 Å². The first kappa shape index (κ1) is 18.4. The monoisotopic (exact) mass is 416 g/mol. The van der Waals surface area contributed by atoms with Crippen LogP contribution in [-0.2, 0) is 17.6 Å². The molecule has 0 spiro atoms. The summed E-state index contributed by atoms with van der Waals surface area (Å²) in [6.07, 6.45) is 1.70. The van der Waals surface area contributed by atoms with Gasteiger partial charge in [-0.25, -0.2) is 9.97 Å². The van der Waals surface area contributed by atoms with Crippen molar-refractivity contribution in [3.8, 4) is 17.3 Å². The fourth-order valence-electron chi connectivity index (χ4n) is 3.11. The number of pyridine rings is 1. The first-order valence-corrected chi connectivity index (χ1v) is 10.3. The number of hydrogen-bond acceptors (Lipinski definition) is 8. The number of nitriles is 1. The average molecular weight is 416 g/mol. The highest BCUT2D eigenvalue weighted by molar-refractivity contribution is 7.18. The van der Waals surface area contributed by atoms with E-state index in [2.05, 4.69) is 26.6 Å². The zero-order chi connectivity index (χ0) is 20.6. The van der Waals surface area contributed by atoms with Crippen LogP contribution < -0.4 is 5.32 Å². The zero-order valence-electron chi connectivity index (χ0n) is 15.8. The lowest BCUT2D eigenvalue weighted by Crippen LogP contribution is -2.36. The van der Waals surface area contributed by atoms with E-state index >= 15 is 0 Å². The van der Waals surface area contributed by atoms with Gasteiger partial charge in [0.1, 0.15) is 27.3 Å². The number of thiazole rings is 1. The van der Waals surface area contributed by atoms with E-state index in [0.29, 0.717) is 25.2 Å². The lowest BCUT2D eigenvalue weighted by atomic mass is 10.1. The number of rotatable bonds is 6. The molecule has 30 heavy (non-hydrogen) atoms. The largest absolute Gasteiger partial charge is 0.424 e. The number of nitrogens with zero attached hydrogens (tertiary/aromatic N) is 5. The molecule has 1 amide bonds. The highest BCUT2D eigenvalue weighted by Crippen LogP contribution is 2.34. The standard InChI is InChI=1S/C21H16N6O2S/c22-12-21(8-9-21)25-16(28)10-17-26-27-18(29-17)11-19-23-15-7-6-14(24-20(15)30-19)13-4-2-1-3-5-13/h1-7H,8-11H2,(H,25,28). The third kappa shape index (κ3) is 3.77. The molecular weight excluding hydrogens is 400 g/mol. The van der Waals surface area contributed by atoms with Gasteiger partial charge < -0.3 is 9.73 Å². The van der Waals surface area contributed by atoms with Gasteiger partial charge in [0.15, 0.2) is 0 Å². The molecule has 0 saturated heterocycles. The zero-order valence-corrected chi connectivity index (χ0v) is 16.6. The van der Waals surface area contributed by atoms with Crippen molar-refractivity contribution in [3.63, 3.8) is 0 Å². The Balaban J connectivity index is 1.28. The lowest BCUT2D eigenvalue weighted by Gasteiger charge is -2.06. The van der Waals surface area contributed by atoms with Gasteiger partial charge in [0, 0.05) is 5.56 Å². The number of aromatic nitrogens is 4. The molecule has 148 valence electrons. The van der Waals surface area contributed by atoms with E-state index in [1.54, 1.807) is 0 Å². The van der Waals surface area contributed by atoms with Crippen LogP contribution in [0.4, 0.5) is 0 Å². The van der Waals surface area contributed by atoms with E-state index in [-0.39, 0.29) is 18.2 Å². The molecule has 0 bridgehead atoms. The number of carbonyl (C=O) groups excluding carboxylic acids is 1. The molecule has 0 unspecified atom stereocenters. The van der Waals surface area contributed by atoms with Crippen molar-refractivity contribution in [2.24, 2.45) is 0 Å². The number of benzene rings is 1. The summed E-state index contributed by atoms with van der Waals surface area (Å²) in [6.45, 7) is 0. The topological polar surface area (TPSA) is 118 Å². The van der Waals surface area contributed by atoms with Crippen molar-refractivity contribution in [1.82, 2.24) is 25.5 Å². The fourth-order valence-corrected chi connectivity index (χ4v) is 4.03. The van der Waals surface area contributed by atoms with Crippen LogP contribution in [0.1, 0.15) is 29.6 Å². The Morgan fingerprint density at radius 2 is 1.93 bits per heavy atom. The first-order chi connectivity index (χ1) is 14.6. The van der Waals surface area contributed by atoms with Crippen LogP contribution in [0.3, 0.4) is 0 Å². The maximum atomic E-state index is 12.1. The van der Waals surface area contributed by atoms with Crippen molar-refractivity contribution < 1.29 is 9.21 Å². The third-order valence-electron chi connectivity index (χ3n) is 4.84. The number of carbonyl (C=O) groups is 1. The highest BCUT2D eigenvalue weighted by Gasteiger charge is 2.44. The van der Waals surface area contributed by atoms with Gasteiger partial charge in [-0.15, -0.1) is 10.2 Å². The van der Waals surface area contributed by atoms with Gasteiger partial charge in [0.2, 0.25) is 17.7 Å². The summed E-state index contributed by atoms with van der Waals surface area (Å²) in [4.78, 5) is 22.2. The van der Waals surface area contributed by atoms with Crippen LogP contribution in [0.25, 0.3) is 21.6 Å². The van der Waals surface area contributed by atoms with Crippen LogP contribution in [0.15, 0.2) is 46.9 Å². The summed E-state index contributed by atoms with van der Waals surface area (Å²) in [5.74, 6) is 0.324. The Kier molecular flexibility index (Phi) is 4.48. The van der Waals surface area contributed by atoms with Gasteiger partial charge in [-0.1, -0.05) is 41.7 Å². The molecule has 3 heterocycles. The molecule has 9 heteroatoms. The minimum absolute atomic E-state index is 0.0434. The summed E-state index contributed by atoms with van der Waals surface area (Å²) < 4.78 is 5.60. The van der Waals surface area contributed by atoms with Gasteiger partial charge in [0.05, 0.1) is 18.2 Å². The van der Waals surface area contributed by atoms with Crippen molar-refractivity contribution in [3.05, 3.63) is 59.3 Å². The highest BCUT2D eigenvalue weighted by atomic mass is 32.1. The quantitative estimate of drug-likeness (QED) is 0.513. The Hall–Kier alpha value is -3.64. The molecule has 0 aliphatic heterocycles. The summed E-state index contributed by atoms with van der Waals surface area (Å²) in [6, 6.07) is 16.0. The van der Waals surface area contributed by atoms with Crippen LogP contribution in [-0.4, -0.2) is 31.6 Å². The molecule has 1 saturated carbocycles. The summed E-state index contributed by atoms with van der Waals surface area (Å²) in [7, 11) is 0. The molecule has 5 rings (SSSR count). The van der Waals surface area contributed by atoms with Crippen molar-refractivity contribution in [2.45, 2.75) is 31.2 Å². The van der Waals surface area contributed by atoms with Crippen LogP contribution >= 0.6 is 11.3 Å². The summed E-state index contributed by atoms with van der Waals surface area (Å²) in [5.41, 5.74) is 2.07. The van der Waals surface area contributed by atoms with Gasteiger partial charge in [-0.2, -0.15) is 5.26 Å². The number of fused-ring (bicyclic) bond motifs is 1. The van der Waals surface area contributed by atoms with Crippen LogP contribution in [0, 0.1) is 11.3 Å². The van der Waals surface area contributed by atoms with E-state index < -0.39 is 5.54 Å². The second-order valence-corrected chi connectivity index (χ2v) is 8.24. The van der Waals surface area contributed by atoms with E-state index in [0.717, 1.165) is 26.6 Å². The van der Waals surface area contributed by atoms with Gasteiger partial charge in [0.25, 0.3) is 0 Å². The number of nitrogens with one attached hydrogen (secondary N) is 1. The number of hydrogen-bond donors (Lipinski definition) is 1. The molecule has 1 aliphatic rings. The molecule has 1 fully saturated rings. The second kappa shape index (κ2) is 7.31. The summed E-state index contributed by atoms with van der Waals surface area (Å²) >= 11 is 1.48. The smallest absolute Gasteiger partial charge is 0.230 e. The predicted octanol–water partition coefficient (Wildman–Crippen LogP) is 3.05. The Labute approximate surface area is 175 Å². The Morgan fingerprint density at radius 3 is 2.70 bits per heavy atom. The maximum absolute atomic E-state index is 12.1. The number of amides is 1. The maximum Gasteiger partial charge on any atom is 0.230 e. The second-order valence-electron chi connectivity index (χ2n) is 7.18. The molecule has 1 aromatic carbocycles. The molecule has 4 aromatic rings. The lowest BCUT2D eigenvalue weighted by molar-refractivity contribution is -0.121. The van der Waals surface area contributed by atoms with Crippen LogP contribution in [0.5, 0.6) is 0 Å². The van der Waals surface area contributed by atoms with Crippen molar-refractivity contribution in [2.75, 3.05) is 0 Å². The van der Waals surface area contributed by atoms with Crippen LogP contribution in [0.2, 0.25) is 0 Å². The SMILES string of the molecule is N#CC1(NC(=O)Cc2nnc(Cc3nc4ccc(-c5ccccc5)nc4s3)o2)CC1. The van der Waals surface area contributed by atoms with Crippen molar-refractivity contribution >= 4 is 27.6 Å². The molecule has 8 nitrogen and oxygen atoms in total. The summed E-state index contributed by atoms with van der Waals surface area (Å²) in [5, 5.41) is 20.5. The molecule has 3 aromatic heterocycles. The van der Waals surface area contributed by atoms with E-state index in [4.69, 9.17) is 14.7 Å². The fraction of sp³-hybridized carbons (Fsp3) is 0.238. The minimum atomic E-state index is -0.702. The molecule has 0 radical (unpaired) electrons. The molecule has 0 atom stereocenters.